The van der Waals surface area contributed by atoms with Gasteiger partial charge in [0.2, 0.25) is 10.0 Å². The third-order valence-electron chi connectivity index (χ3n) is 4.25. The van der Waals surface area contributed by atoms with Gasteiger partial charge in [0.1, 0.15) is 4.90 Å². The van der Waals surface area contributed by atoms with E-state index in [4.69, 9.17) is 16.3 Å². The zero-order valence-electron chi connectivity index (χ0n) is 11.2. The summed E-state index contributed by atoms with van der Waals surface area (Å²) >= 11 is 6.01. The third kappa shape index (κ3) is 2.24. The number of aromatic nitrogens is 1. The van der Waals surface area contributed by atoms with Crippen LogP contribution in [0.1, 0.15) is 25.7 Å². The molecule has 0 N–H and O–H groups in total. The van der Waals surface area contributed by atoms with Gasteiger partial charge in [-0.25, -0.2) is 8.42 Å². The molecule has 2 aliphatic rings. The van der Waals surface area contributed by atoms with Crippen molar-refractivity contribution in [3.8, 4) is 0 Å². The van der Waals surface area contributed by atoms with E-state index >= 15 is 0 Å². The van der Waals surface area contributed by atoms with E-state index in [1.54, 1.807) is 11.4 Å². The van der Waals surface area contributed by atoms with Crippen LogP contribution in [0.3, 0.4) is 0 Å². The first-order valence-electron chi connectivity index (χ1n) is 6.70. The summed E-state index contributed by atoms with van der Waals surface area (Å²) in [5.41, 5.74) is 0. The van der Waals surface area contributed by atoms with Crippen LogP contribution in [0.4, 0.5) is 0 Å². The van der Waals surface area contributed by atoms with Crippen LogP contribution < -0.4 is 0 Å². The summed E-state index contributed by atoms with van der Waals surface area (Å²) < 4.78 is 32.7. The molecule has 2 bridgehead atoms. The SMILES string of the molecule is COC1C[C@H]2CC[C@@H](C1)N2S(=O)(=O)c1ccncc1Cl. The van der Waals surface area contributed by atoms with Crippen LogP contribution >= 0.6 is 11.6 Å². The Morgan fingerprint density at radius 1 is 1.35 bits per heavy atom. The lowest BCUT2D eigenvalue weighted by Gasteiger charge is -2.37. The number of methoxy groups -OCH3 is 1. The van der Waals surface area contributed by atoms with E-state index in [-0.39, 0.29) is 28.1 Å². The molecule has 110 valence electrons. The molecule has 1 aromatic heterocycles. The summed E-state index contributed by atoms with van der Waals surface area (Å²) in [5, 5.41) is 0.181. The van der Waals surface area contributed by atoms with Crippen molar-refractivity contribution in [2.24, 2.45) is 0 Å². The number of piperidine rings is 1. The fourth-order valence-corrected chi connectivity index (χ4v) is 5.69. The van der Waals surface area contributed by atoms with E-state index in [1.165, 1.54) is 18.5 Å². The average molecular weight is 317 g/mol. The highest BCUT2D eigenvalue weighted by Gasteiger charge is 2.47. The maximum Gasteiger partial charge on any atom is 0.245 e. The van der Waals surface area contributed by atoms with Crippen molar-refractivity contribution in [2.75, 3.05) is 7.11 Å². The first kappa shape index (κ1) is 14.3. The fourth-order valence-electron chi connectivity index (χ4n) is 3.35. The van der Waals surface area contributed by atoms with Crippen LogP contribution in [-0.2, 0) is 14.8 Å². The minimum Gasteiger partial charge on any atom is -0.381 e. The second-order valence-electron chi connectivity index (χ2n) is 5.36. The van der Waals surface area contributed by atoms with Gasteiger partial charge < -0.3 is 4.74 Å². The summed E-state index contributed by atoms with van der Waals surface area (Å²) in [6, 6.07) is 1.51. The van der Waals surface area contributed by atoms with Gasteiger partial charge in [0, 0.05) is 31.6 Å². The van der Waals surface area contributed by atoms with Gasteiger partial charge in [-0.05, 0) is 31.7 Å². The van der Waals surface area contributed by atoms with Gasteiger partial charge in [-0.15, -0.1) is 0 Å². The van der Waals surface area contributed by atoms with Gasteiger partial charge in [0.25, 0.3) is 0 Å². The standard InChI is InChI=1S/C13H17ClN2O3S/c1-19-11-6-9-2-3-10(7-11)16(9)20(17,18)13-4-5-15-8-12(13)14/h4-5,8-11H,2-3,6-7H2,1H3/t9-,10+,11?. The van der Waals surface area contributed by atoms with Crippen LogP contribution in [-0.4, -0.2) is 43.0 Å². The molecule has 2 aliphatic heterocycles. The van der Waals surface area contributed by atoms with Gasteiger partial charge in [-0.1, -0.05) is 11.6 Å². The van der Waals surface area contributed by atoms with Crippen molar-refractivity contribution in [3.05, 3.63) is 23.5 Å². The minimum absolute atomic E-state index is 0.0212. The number of fused-ring (bicyclic) bond motifs is 2. The maximum atomic E-state index is 12.8. The van der Waals surface area contributed by atoms with Crippen LogP contribution in [0.15, 0.2) is 23.4 Å². The van der Waals surface area contributed by atoms with Crippen LogP contribution in [0.25, 0.3) is 0 Å². The molecule has 3 rings (SSSR count). The Morgan fingerprint density at radius 3 is 2.55 bits per heavy atom. The Hall–Kier alpha value is -0.690. The average Bonchev–Trinajstić information content (AvgIpc) is 2.71. The molecule has 0 spiro atoms. The molecule has 0 aromatic carbocycles. The van der Waals surface area contributed by atoms with Crippen molar-refractivity contribution in [2.45, 2.75) is 48.8 Å². The molecule has 1 unspecified atom stereocenters. The Labute approximate surface area is 123 Å². The van der Waals surface area contributed by atoms with E-state index in [9.17, 15) is 8.42 Å². The number of sulfonamides is 1. The predicted molar refractivity (Wildman–Crippen MR) is 75.1 cm³/mol. The predicted octanol–water partition coefficient (Wildman–Crippen LogP) is 2.07. The van der Waals surface area contributed by atoms with E-state index in [0.29, 0.717) is 0 Å². The summed E-state index contributed by atoms with van der Waals surface area (Å²) in [5.74, 6) is 0. The van der Waals surface area contributed by atoms with Gasteiger partial charge in [-0.3, -0.25) is 4.98 Å². The van der Waals surface area contributed by atoms with Crippen molar-refractivity contribution < 1.29 is 13.2 Å². The van der Waals surface area contributed by atoms with Gasteiger partial charge in [0.05, 0.1) is 11.1 Å². The highest BCUT2D eigenvalue weighted by molar-refractivity contribution is 7.89. The van der Waals surface area contributed by atoms with Crippen molar-refractivity contribution in [1.82, 2.24) is 9.29 Å². The molecule has 3 heterocycles. The van der Waals surface area contributed by atoms with E-state index in [0.717, 1.165) is 25.7 Å². The molecule has 0 saturated carbocycles. The minimum atomic E-state index is -3.55. The number of pyridine rings is 1. The van der Waals surface area contributed by atoms with Crippen LogP contribution in [0, 0.1) is 0 Å². The third-order valence-corrected chi connectivity index (χ3v) is 6.72. The van der Waals surface area contributed by atoms with E-state index < -0.39 is 10.0 Å². The number of ether oxygens (including phenoxy) is 1. The summed E-state index contributed by atoms with van der Waals surface area (Å²) in [6.07, 6.45) is 6.30. The van der Waals surface area contributed by atoms with Gasteiger partial charge >= 0.3 is 0 Å². The molecule has 1 aromatic rings. The second-order valence-corrected chi connectivity index (χ2v) is 7.57. The van der Waals surface area contributed by atoms with Crippen molar-refractivity contribution >= 4 is 21.6 Å². The quantitative estimate of drug-likeness (QED) is 0.856. The molecule has 2 saturated heterocycles. The molecular weight excluding hydrogens is 300 g/mol. The number of hydrogen-bond acceptors (Lipinski definition) is 4. The first-order chi connectivity index (χ1) is 9.54. The maximum absolute atomic E-state index is 12.8. The highest BCUT2D eigenvalue weighted by atomic mass is 35.5. The molecule has 3 atom stereocenters. The fraction of sp³-hybridized carbons (Fsp3) is 0.615. The smallest absolute Gasteiger partial charge is 0.245 e. The lowest BCUT2D eigenvalue weighted by molar-refractivity contribution is 0.0349. The van der Waals surface area contributed by atoms with Gasteiger partial charge in [0.15, 0.2) is 0 Å². The Bertz CT molecular complexity index is 593. The number of halogens is 1. The second kappa shape index (κ2) is 5.26. The topological polar surface area (TPSA) is 59.5 Å². The Balaban J connectivity index is 1.96. The van der Waals surface area contributed by atoms with Crippen LogP contribution in [0.5, 0.6) is 0 Å². The first-order valence-corrected chi connectivity index (χ1v) is 8.51. The largest absolute Gasteiger partial charge is 0.381 e. The number of nitrogens with zero attached hydrogens (tertiary/aromatic N) is 2. The lowest BCUT2D eigenvalue weighted by atomic mass is 10.0. The van der Waals surface area contributed by atoms with E-state index in [2.05, 4.69) is 4.98 Å². The molecule has 0 radical (unpaired) electrons. The molecule has 2 fully saturated rings. The Morgan fingerprint density at radius 2 is 2.00 bits per heavy atom. The molecule has 0 aliphatic carbocycles. The van der Waals surface area contributed by atoms with Gasteiger partial charge in [-0.2, -0.15) is 4.31 Å². The number of rotatable bonds is 3. The van der Waals surface area contributed by atoms with Crippen molar-refractivity contribution in [1.29, 1.82) is 0 Å². The molecule has 0 amide bonds. The van der Waals surface area contributed by atoms with Crippen LogP contribution in [0.2, 0.25) is 5.02 Å². The zero-order chi connectivity index (χ0) is 14.3. The summed E-state index contributed by atoms with van der Waals surface area (Å²) in [6.45, 7) is 0. The highest BCUT2D eigenvalue weighted by Crippen LogP contribution is 2.41. The van der Waals surface area contributed by atoms with E-state index in [1.807, 2.05) is 0 Å². The molecule has 7 heteroatoms. The Kier molecular flexibility index (Phi) is 3.75. The monoisotopic (exact) mass is 316 g/mol. The molecule has 20 heavy (non-hydrogen) atoms. The summed E-state index contributed by atoms with van der Waals surface area (Å²) in [7, 11) is -1.87. The zero-order valence-corrected chi connectivity index (χ0v) is 12.8. The normalized spacial score (nSPS) is 30.6. The van der Waals surface area contributed by atoms with Crippen molar-refractivity contribution in [3.63, 3.8) is 0 Å². The molecule has 5 nitrogen and oxygen atoms in total. The summed E-state index contributed by atoms with van der Waals surface area (Å²) in [4.78, 5) is 4.00. The molecular formula is C13H17ClN2O3S. The number of hydrogen-bond donors (Lipinski definition) is 0. The lowest BCUT2D eigenvalue weighted by Crippen LogP contribution is -2.48.